The van der Waals surface area contributed by atoms with Crippen molar-refractivity contribution in [3.05, 3.63) is 120 Å². The molecule has 0 aromatic heterocycles. The van der Waals surface area contributed by atoms with Crippen LogP contribution in [0, 0.1) is 0 Å². The van der Waals surface area contributed by atoms with Crippen LogP contribution in [0.25, 0.3) is 16.8 Å². The lowest BCUT2D eigenvalue weighted by molar-refractivity contribution is -0.540. The van der Waals surface area contributed by atoms with Gasteiger partial charge in [0.1, 0.15) is 5.69 Å². The summed E-state index contributed by atoms with van der Waals surface area (Å²) < 4.78 is 0. The monoisotopic (exact) mass is 392 g/mol. The number of rotatable bonds is 7. The molecular formula is C29H30N+. The van der Waals surface area contributed by atoms with Gasteiger partial charge in [-0.2, -0.15) is 0 Å². The molecule has 0 aliphatic rings. The van der Waals surface area contributed by atoms with E-state index in [1.54, 1.807) is 0 Å². The molecule has 1 atom stereocenters. The van der Waals surface area contributed by atoms with Gasteiger partial charge >= 0.3 is 0 Å². The van der Waals surface area contributed by atoms with Gasteiger partial charge in [-0.3, -0.25) is 0 Å². The van der Waals surface area contributed by atoms with E-state index in [-0.39, 0.29) is 5.41 Å². The molecule has 150 valence electrons. The third-order valence-electron chi connectivity index (χ3n) is 5.99. The van der Waals surface area contributed by atoms with Crippen LogP contribution in [0.5, 0.6) is 0 Å². The minimum atomic E-state index is -0.0185. The van der Waals surface area contributed by atoms with E-state index < -0.39 is 0 Å². The summed E-state index contributed by atoms with van der Waals surface area (Å²) in [7, 11) is 2.15. The predicted molar refractivity (Wildman–Crippen MR) is 129 cm³/mol. The van der Waals surface area contributed by atoms with Gasteiger partial charge in [-0.15, -0.1) is 0 Å². The number of hydrogen-bond donors (Lipinski definition) is 1. The molecule has 1 heteroatoms. The van der Waals surface area contributed by atoms with Crippen molar-refractivity contribution in [2.24, 2.45) is 0 Å². The summed E-state index contributed by atoms with van der Waals surface area (Å²) in [4.78, 5) is 0. The van der Waals surface area contributed by atoms with Gasteiger partial charge < -0.3 is 5.32 Å². The summed E-state index contributed by atoms with van der Waals surface area (Å²) >= 11 is 0. The highest BCUT2D eigenvalue weighted by molar-refractivity contribution is 5.90. The van der Waals surface area contributed by atoms with Crippen molar-refractivity contribution >= 4 is 22.5 Å². The van der Waals surface area contributed by atoms with Crippen LogP contribution < -0.4 is 5.32 Å². The Morgan fingerprint density at radius 1 is 0.767 bits per heavy atom. The highest BCUT2D eigenvalue weighted by Crippen LogP contribution is 2.40. The average Bonchev–Trinajstić information content (AvgIpc) is 2.79. The zero-order chi connectivity index (χ0) is 20.8. The summed E-state index contributed by atoms with van der Waals surface area (Å²) in [6, 6.07) is 34.8. The van der Waals surface area contributed by atoms with Gasteiger partial charge in [-0.25, -0.2) is 0 Å². The highest BCUT2D eigenvalue weighted by Gasteiger charge is 2.31. The summed E-state index contributed by atoms with van der Waals surface area (Å²) in [6.45, 7) is 2.42. The fraction of sp³-hybridized carbons (Fsp3) is 0.172. The molecular weight excluding hydrogens is 362 g/mol. The largest absolute Gasteiger partial charge is 0.316 e. The number of hydrogen-bond acceptors (Lipinski definition) is 0. The molecule has 0 saturated heterocycles. The molecule has 0 bridgehead atoms. The van der Waals surface area contributed by atoms with E-state index >= 15 is 0 Å². The molecule has 1 nitrogen and oxygen atoms in total. The third kappa shape index (κ3) is 4.37. The second kappa shape index (κ2) is 9.11. The van der Waals surface area contributed by atoms with E-state index in [0.29, 0.717) is 0 Å². The van der Waals surface area contributed by atoms with E-state index in [9.17, 15) is 0 Å². The van der Waals surface area contributed by atoms with E-state index in [1.807, 2.05) is 0 Å². The van der Waals surface area contributed by atoms with Gasteiger partial charge in [-0.1, -0.05) is 104 Å². The van der Waals surface area contributed by atoms with Gasteiger partial charge in [0.2, 0.25) is 0 Å². The SMILES string of the molecule is C[NH2+]c1ccc2ccccc2c1C(C)(C/C=C/c1ccccc1)Cc1ccccc1. The Labute approximate surface area is 180 Å². The topological polar surface area (TPSA) is 16.6 Å². The lowest BCUT2D eigenvalue weighted by Crippen LogP contribution is -2.73. The van der Waals surface area contributed by atoms with Crippen molar-refractivity contribution in [3.8, 4) is 0 Å². The molecule has 0 radical (unpaired) electrons. The first-order chi connectivity index (χ1) is 14.7. The van der Waals surface area contributed by atoms with Crippen LogP contribution >= 0.6 is 0 Å². The molecule has 1 unspecified atom stereocenters. The van der Waals surface area contributed by atoms with E-state index in [1.165, 1.54) is 33.2 Å². The molecule has 2 N–H and O–H groups in total. The van der Waals surface area contributed by atoms with Crippen LogP contribution in [0.3, 0.4) is 0 Å². The van der Waals surface area contributed by atoms with Crippen LogP contribution in [0.1, 0.15) is 30.0 Å². The third-order valence-corrected chi connectivity index (χ3v) is 5.99. The normalized spacial score (nSPS) is 13.5. The molecule has 4 aromatic rings. The number of quaternary nitrogens is 1. The van der Waals surface area contributed by atoms with Crippen LogP contribution in [0.4, 0.5) is 5.69 Å². The summed E-state index contributed by atoms with van der Waals surface area (Å²) in [5.41, 5.74) is 5.39. The lowest BCUT2D eigenvalue weighted by atomic mass is 9.72. The number of allylic oxidation sites excluding steroid dienone is 1. The summed E-state index contributed by atoms with van der Waals surface area (Å²) in [5, 5.41) is 4.93. The first-order valence-corrected chi connectivity index (χ1v) is 10.8. The maximum atomic E-state index is 2.42. The van der Waals surface area contributed by atoms with E-state index in [0.717, 1.165) is 12.8 Å². The van der Waals surface area contributed by atoms with Crippen LogP contribution in [-0.4, -0.2) is 7.05 Å². The van der Waals surface area contributed by atoms with Gasteiger partial charge in [0, 0.05) is 11.0 Å². The minimum absolute atomic E-state index is 0.0185. The minimum Gasteiger partial charge on any atom is -0.316 e. The second-order valence-corrected chi connectivity index (χ2v) is 8.28. The molecule has 0 aliphatic carbocycles. The van der Waals surface area contributed by atoms with Gasteiger partial charge in [-0.05, 0) is 46.9 Å². The first kappa shape index (κ1) is 20.1. The summed E-state index contributed by atoms with van der Waals surface area (Å²) in [6.07, 6.45) is 6.58. The lowest BCUT2D eigenvalue weighted by Gasteiger charge is -2.31. The molecule has 0 aliphatic heterocycles. The molecule has 0 heterocycles. The van der Waals surface area contributed by atoms with Gasteiger partial charge in [0.05, 0.1) is 7.05 Å². The van der Waals surface area contributed by atoms with Crippen LogP contribution in [0.15, 0.2) is 103 Å². The Morgan fingerprint density at radius 3 is 2.17 bits per heavy atom. The fourth-order valence-electron chi connectivity index (χ4n) is 4.53. The average molecular weight is 393 g/mol. The Morgan fingerprint density at radius 2 is 1.43 bits per heavy atom. The second-order valence-electron chi connectivity index (χ2n) is 8.28. The molecule has 0 saturated carbocycles. The number of benzene rings is 4. The molecule has 30 heavy (non-hydrogen) atoms. The van der Waals surface area contributed by atoms with E-state index in [2.05, 4.69) is 129 Å². The molecule has 0 spiro atoms. The van der Waals surface area contributed by atoms with Crippen molar-refractivity contribution in [2.45, 2.75) is 25.2 Å². The standard InChI is InChI=1S/C29H29N/c1-29(22-24-14-7-4-8-15-24,21-11-16-23-12-5-3-6-13-23)28-26-18-10-9-17-25(26)19-20-27(28)30-2/h3-20,30H,21-22H2,1-2H3/p+1/b16-11+. The molecule has 4 aromatic carbocycles. The van der Waals surface area contributed by atoms with Crippen LogP contribution in [0.2, 0.25) is 0 Å². The predicted octanol–water partition coefficient (Wildman–Crippen LogP) is 6.27. The smallest absolute Gasteiger partial charge is 0.133 e. The van der Waals surface area contributed by atoms with Crippen molar-refractivity contribution < 1.29 is 5.32 Å². The van der Waals surface area contributed by atoms with Crippen molar-refractivity contribution in [1.82, 2.24) is 0 Å². The van der Waals surface area contributed by atoms with Crippen molar-refractivity contribution in [2.75, 3.05) is 7.05 Å². The highest BCUT2D eigenvalue weighted by atomic mass is 14.8. The zero-order valence-corrected chi connectivity index (χ0v) is 17.9. The Hall–Kier alpha value is -3.16. The molecule has 4 rings (SSSR count). The van der Waals surface area contributed by atoms with Gasteiger partial charge in [0.25, 0.3) is 0 Å². The molecule has 0 amide bonds. The van der Waals surface area contributed by atoms with Crippen molar-refractivity contribution in [1.29, 1.82) is 0 Å². The quantitative estimate of drug-likeness (QED) is 0.357. The zero-order valence-electron chi connectivity index (χ0n) is 17.9. The maximum Gasteiger partial charge on any atom is 0.133 e. The van der Waals surface area contributed by atoms with Gasteiger partial charge in [0.15, 0.2) is 0 Å². The molecule has 0 fully saturated rings. The van der Waals surface area contributed by atoms with E-state index in [4.69, 9.17) is 0 Å². The van der Waals surface area contributed by atoms with Crippen LogP contribution in [-0.2, 0) is 11.8 Å². The first-order valence-electron chi connectivity index (χ1n) is 10.8. The number of fused-ring (bicyclic) bond motifs is 1. The Balaban J connectivity index is 1.81. The Bertz CT molecular complexity index is 1130. The Kier molecular flexibility index (Phi) is 6.11. The maximum absolute atomic E-state index is 2.42. The number of nitrogens with two attached hydrogens (primary N) is 1. The fourth-order valence-corrected chi connectivity index (χ4v) is 4.53. The van der Waals surface area contributed by atoms with Crippen molar-refractivity contribution in [3.63, 3.8) is 0 Å². The summed E-state index contributed by atoms with van der Waals surface area (Å²) in [5.74, 6) is 0.